The Morgan fingerprint density at radius 2 is 1.81 bits per heavy atom. The third-order valence-electron chi connectivity index (χ3n) is 4.15. The fourth-order valence-electron chi connectivity index (χ4n) is 3.13. The van der Waals surface area contributed by atoms with E-state index in [4.69, 9.17) is 11.6 Å². The highest BCUT2D eigenvalue weighted by Gasteiger charge is 2.13. The van der Waals surface area contributed by atoms with Crippen LogP contribution in [0, 0.1) is 13.8 Å². The monoisotopic (exact) mass is 294 g/mol. The highest BCUT2D eigenvalue weighted by atomic mass is 35.5. The second kappa shape index (κ2) is 4.40. The van der Waals surface area contributed by atoms with Gasteiger partial charge in [0.1, 0.15) is 0 Å². The molecule has 2 heterocycles. The Balaban J connectivity index is 2.19. The first-order valence-electron chi connectivity index (χ1n) is 6.99. The van der Waals surface area contributed by atoms with Gasteiger partial charge in [0.2, 0.25) is 0 Å². The van der Waals surface area contributed by atoms with Gasteiger partial charge in [-0.05, 0) is 61.4 Å². The molecule has 0 amide bonds. The Labute approximate surface area is 128 Å². The van der Waals surface area contributed by atoms with E-state index in [1.54, 1.807) is 0 Å². The molecule has 3 heteroatoms. The maximum atomic E-state index is 6.19. The van der Waals surface area contributed by atoms with Crippen molar-refractivity contribution < 1.29 is 0 Å². The molecule has 0 aliphatic carbocycles. The van der Waals surface area contributed by atoms with Gasteiger partial charge in [0.15, 0.2) is 0 Å². The summed E-state index contributed by atoms with van der Waals surface area (Å²) in [5, 5.41) is 3.22. The number of hydrogen-bond donors (Lipinski definition) is 1. The number of rotatable bonds is 1. The smallest absolute Gasteiger partial charge is 0.0498 e. The van der Waals surface area contributed by atoms with E-state index in [-0.39, 0.29) is 0 Å². The largest absolute Gasteiger partial charge is 0.354 e. The topological polar surface area (TPSA) is 20.7 Å². The number of benzene rings is 2. The Morgan fingerprint density at radius 1 is 1.05 bits per heavy atom. The quantitative estimate of drug-likeness (QED) is 0.486. The molecule has 0 radical (unpaired) electrons. The zero-order valence-electron chi connectivity index (χ0n) is 11.9. The van der Waals surface area contributed by atoms with Crippen molar-refractivity contribution in [2.24, 2.45) is 0 Å². The number of aromatic amines is 1. The van der Waals surface area contributed by atoms with E-state index in [2.05, 4.69) is 41.9 Å². The normalized spacial score (nSPS) is 11.6. The minimum atomic E-state index is 0.770. The number of nitrogens with zero attached hydrogens (tertiary/aromatic N) is 1. The van der Waals surface area contributed by atoms with E-state index in [0.29, 0.717) is 0 Å². The number of halogens is 1. The van der Waals surface area contributed by atoms with Crippen LogP contribution in [-0.4, -0.2) is 9.55 Å². The molecule has 0 atom stereocenters. The molecule has 4 rings (SSSR count). The van der Waals surface area contributed by atoms with Gasteiger partial charge in [0.05, 0.1) is 0 Å². The summed E-state index contributed by atoms with van der Waals surface area (Å²) in [5.74, 6) is 0. The molecule has 104 valence electrons. The first kappa shape index (κ1) is 12.5. The van der Waals surface area contributed by atoms with Crippen molar-refractivity contribution in [2.75, 3.05) is 0 Å². The van der Waals surface area contributed by atoms with Crippen molar-refractivity contribution in [1.29, 1.82) is 0 Å². The number of aromatic nitrogens is 2. The first-order valence-corrected chi connectivity index (χ1v) is 7.37. The average Bonchev–Trinajstić information content (AvgIpc) is 3.09. The van der Waals surface area contributed by atoms with Gasteiger partial charge in [-0.15, -0.1) is 0 Å². The molecule has 0 bridgehead atoms. The van der Waals surface area contributed by atoms with Gasteiger partial charge in [0, 0.05) is 44.9 Å². The Hall–Kier alpha value is -2.19. The minimum absolute atomic E-state index is 0.770. The molecule has 0 aliphatic heterocycles. The van der Waals surface area contributed by atoms with Crippen LogP contribution in [0.1, 0.15) is 11.1 Å². The number of fused-ring (bicyclic) bond motifs is 3. The maximum Gasteiger partial charge on any atom is 0.0498 e. The molecule has 2 nitrogen and oxygen atoms in total. The molecule has 0 fully saturated rings. The number of nitrogens with one attached hydrogen (secondary N) is 1. The third-order valence-corrected chi connectivity index (χ3v) is 4.39. The van der Waals surface area contributed by atoms with Crippen LogP contribution >= 0.6 is 11.6 Å². The summed E-state index contributed by atoms with van der Waals surface area (Å²) in [7, 11) is 0. The van der Waals surface area contributed by atoms with Gasteiger partial charge >= 0.3 is 0 Å². The second-order valence-corrected chi connectivity index (χ2v) is 5.93. The van der Waals surface area contributed by atoms with Crippen LogP contribution in [0.4, 0.5) is 0 Å². The Kier molecular flexibility index (Phi) is 2.63. The van der Waals surface area contributed by atoms with Gasteiger partial charge < -0.3 is 9.55 Å². The van der Waals surface area contributed by atoms with E-state index in [1.807, 2.05) is 30.3 Å². The van der Waals surface area contributed by atoms with Crippen LogP contribution in [0.5, 0.6) is 0 Å². The fraction of sp³-hybridized carbons (Fsp3) is 0.111. The summed E-state index contributed by atoms with van der Waals surface area (Å²) in [6, 6.07) is 12.3. The highest BCUT2D eigenvalue weighted by molar-refractivity contribution is 6.32. The summed E-state index contributed by atoms with van der Waals surface area (Å²) in [5.41, 5.74) is 6.05. The van der Waals surface area contributed by atoms with Gasteiger partial charge in [-0.25, -0.2) is 0 Å². The van der Waals surface area contributed by atoms with Crippen molar-refractivity contribution in [3.8, 4) is 5.69 Å². The van der Waals surface area contributed by atoms with Crippen LogP contribution in [0.25, 0.3) is 27.5 Å². The maximum absolute atomic E-state index is 6.19. The standard InChI is InChI=1S/C18H15ClN2/c1-11-9-16(21-7-3-4-8-21)12(2)17-14-10-13(19)5-6-15(14)20-18(11)17/h3-10,20H,1-2H3. The summed E-state index contributed by atoms with van der Waals surface area (Å²) in [4.78, 5) is 3.52. The molecular formula is C18H15ClN2. The number of aryl methyl sites for hydroxylation is 2. The Morgan fingerprint density at radius 3 is 2.57 bits per heavy atom. The molecule has 0 saturated carbocycles. The zero-order chi connectivity index (χ0) is 14.6. The van der Waals surface area contributed by atoms with Gasteiger partial charge in [-0.2, -0.15) is 0 Å². The molecule has 2 aromatic carbocycles. The third kappa shape index (κ3) is 1.79. The van der Waals surface area contributed by atoms with E-state index in [9.17, 15) is 0 Å². The molecule has 0 unspecified atom stereocenters. The van der Waals surface area contributed by atoms with Gasteiger partial charge in [-0.3, -0.25) is 0 Å². The lowest BCUT2D eigenvalue weighted by Crippen LogP contribution is -1.95. The lowest BCUT2D eigenvalue weighted by molar-refractivity contribution is 1.06. The second-order valence-electron chi connectivity index (χ2n) is 5.49. The molecule has 4 aromatic rings. The van der Waals surface area contributed by atoms with Crippen LogP contribution in [0.15, 0.2) is 48.8 Å². The summed E-state index contributed by atoms with van der Waals surface area (Å²) < 4.78 is 2.16. The average molecular weight is 295 g/mol. The Bertz CT molecular complexity index is 962. The summed E-state index contributed by atoms with van der Waals surface area (Å²) >= 11 is 6.19. The van der Waals surface area contributed by atoms with Crippen molar-refractivity contribution in [3.05, 3.63) is 64.9 Å². The molecule has 0 saturated heterocycles. The van der Waals surface area contributed by atoms with E-state index in [0.717, 1.165) is 10.5 Å². The van der Waals surface area contributed by atoms with Gasteiger partial charge in [0.25, 0.3) is 0 Å². The first-order chi connectivity index (χ1) is 10.1. The predicted molar refractivity (Wildman–Crippen MR) is 89.6 cm³/mol. The van der Waals surface area contributed by atoms with Crippen LogP contribution in [0.2, 0.25) is 5.02 Å². The number of H-pyrrole nitrogens is 1. The van der Waals surface area contributed by atoms with E-state index < -0.39 is 0 Å². The molecule has 21 heavy (non-hydrogen) atoms. The fourth-order valence-corrected chi connectivity index (χ4v) is 3.30. The lowest BCUT2D eigenvalue weighted by Gasteiger charge is -2.11. The van der Waals surface area contributed by atoms with E-state index >= 15 is 0 Å². The summed E-state index contributed by atoms with van der Waals surface area (Å²) in [6.45, 7) is 4.32. The van der Waals surface area contributed by atoms with Crippen molar-refractivity contribution in [1.82, 2.24) is 9.55 Å². The summed E-state index contributed by atoms with van der Waals surface area (Å²) in [6.07, 6.45) is 4.16. The SMILES string of the molecule is Cc1cc(-n2cccc2)c(C)c2c1[nH]c1ccc(Cl)cc12. The van der Waals surface area contributed by atoms with Crippen molar-refractivity contribution in [2.45, 2.75) is 13.8 Å². The molecule has 2 aromatic heterocycles. The lowest BCUT2D eigenvalue weighted by atomic mass is 10.0. The van der Waals surface area contributed by atoms with Crippen LogP contribution in [0.3, 0.4) is 0 Å². The van der Waals surface area contributed by atoms with Crippen molar-refractivity contribution in [3.63, 3.8) is 0 Å². The number of hydrogen-bond acceptors (Lipinski definition) is 0. The molecule has 0 spiro atoms. The van der Waals surface area contributed by atoms with Crippen molar-refractivity contribution >= 4 is 33.4 Å². The predicted octanol–water partition coefficient (Wildman–Crippen LogP) is 5.38. The van der Waals surface area contributed by atoms with Crippen LogP contribution in [-0.2, 0) is 0 Å². The zero-order valence-corrected chi connectivity index (χ0v) is 12.7. The minimum Gasteiger partial charge on any atom is -0.354 e. The highest BCUT2D eigenvalue weighted by Crippen LogP contribution is 2.35. The molecule has 1 N–H and O–H groups in total. The molecular weight excluding hydrogens is 280 g/mol. The molecule has 0 aliphatic rings. The van der Waals surface area contributed by atoms with E-state index in [1.165, 1.54) is 33.1 Å². The van der Waals surface area contributed by atoms with Crippen LogP contribution < -0.4 is 0 Å². The van der Waals surface area contributed by atoms with Gasteiger partial charge in [-0.1, -0.05) is 11.6 Å².